The molecule has 0 amide bonds. The van der Waals surface area contributed by atoms with E-state index in [1.54, 1.807) is 0 Å². The van der Waals surface area contributed by atoms with Crippen molar-refractivity contribution in [2.45, 2.75) is 34.1 Å². The van der Waals surface area contributed by atoms with Gasteiger partial charge in [0, 0.05) is 0 Å². The van der Waals surface area contributed by atoms with E-state index >= 15 is 0 Å². The summed E-state index contributed by atoms with van der Waals surface area (Å²) < 4.78 is 0. The second-order valence-corrected chi connectivity index (χ2v) is 5.75. The fourth-order valence-corrected chi connectivity index (χ4v) is 3.89. The summed E-state index contributed by atoms with van der Waals surface area (Å²) in [5.41, 5.74) is 0.532. The summed E-state index contributed by atoms with van der Waals surface area (Å²) >= 11 is 2.14. The summed E-state index contributed by atoms with van der Waals surface area (Å²) in [6, 6.07) is 0. The second-order valence-electron chi connectivity index (χ2n) is 4.68. The zero-order chi connectivity index (χ0) is 8.48. The van der Waals surface area contributed by atoms with E-state index in [1.807, 2.05) is 0 Å². The molecule has 1 aliphatic rings. The zero-order valence-electron chi connectivity index (χ0n) is 8.18. The van der Waals surface area contributed by atoms with Gasteiger partial charge in [-0.1, -0.05) is 34.1 Å². The van der Waals surface area contributed by atoms with E-state index in [2.05, 4.69) is 39.5 Å². The van der Waals surface area contributed by atoms with Crippen LogP contribution in [0.25, 0.3) is 0 Å². The normalized spacial score (nSPS) is 32.7. The molecule has 1 saturated heterocycles. The average Bonchev–Trinajstić information content (AvgIpc) is 2.31. The molecule has 11 heavy (non-hydrogen) atoms. The highest BCUT2D eigenvalue weighted by Gasteiger charge is 2.34. The lowest BCUT2D eigenvalue weighted by molar-refractivity contribution is 0.201. The second kappa shape index (κ2) is 3.38. The lowest BCUT2D eigenvalue weighted by Gasteiger charge is -2.31. The maximum absolute atomic E-state index is 2.38. The first-order valence-electron chi connectivity index (χ1n) is 4.63. The molecule has 1 rings (SSSR count). The van der Waals surface area contributed by atoms with Crippen LogP contribution >= 0.6 is 11.8 Å². The van der Waals surface area contributed by atoms with Crippen LogP contribution in [0.15, 0.2) is 0 Å². The maximum Gasteiger partial charge on any atom is -0.00311 e. The molecule has 1 heteroatoms. The molecule has 0 aromatic carbocycles. The van der Waals surface area contributed by atoms with Gasteiger partial charge in [-0.15, -0.1) is 0 Å². The molecule has 0 aliphatic carbocycles. The Morgan fingerprint density at radius 2 is 1.91 bits per heavy atom. The molecule has 0 bridgehead atoms. The highest BCUT2D eigenvalue weighted by molar-refractivity contribution is 7.99. The van der Waals surface area contributed by atoms with Crippen molar-refractivity contribution >= 4 is 11.8 Å². The Morgan fingerprint density at radius 1 is 1.27 bits per heavy atom. The highest BCUT2D eigenvalue weighted by Crippen LogP contribution is 2.42. The smallest absolute Gasteiger partial charge is 0.00311 e. The minimum Gasteiger partial charge on any atom is -0.161 e. The van der Waals surface area contributed by atoms with Gasteiger partial charge in [-0.2, -0.15) is 11.8 Å². The zero-order valence-corrected chi connectivity index (χ0v) is 9.00. The van der Waals surface area contributed by atoms with Gasteiger partial charge in [0.25, 0.3) is 0 Å². The fraction of sp³-hybridized carbons (Fsp3) is 1.00. The Hall–Kier alpha value is 0.350. The van der Waals surface area contributed by atoms with Gasteiger partial charge in [-0.05, 0) is 28.8 Å². The molecule has 2 unspecified atom stereocenters. The molecule has 0 spiro atoms. The minimum atomic E-state index is 0.532. The van der Waals surface area contributed by atoms with E-state index in [-0.39, 0.29) is 0 Å². The van der Waals surface area contributed by atoms with Crippen LogP contribution in [0.5, 0.6) is 0 Å². The molecule has 66 valence electrons. The van der Waals surface area contributed by atoms with E-state index in [1.165, 1.54) is 17.9 Å². The van der Waals surface area contributed by atoms with Crippen molar-refractivity contribution in [1.82, 2.24) is 0 Å². The topological polar surface area (TPSA) is 0 Å². The maximum atomic E-state index is 2.38. The van der Waals surface area contributed by atoms with Gasteiger partial charge in [0.2, 0.25) is 0 Å². The Labute approximate surface area is 75.1 Å². The van der Waals surface area contributed by atoms with E-state index in [0.29, 0.717) is 5.41 Å². The number of thioether (sulfide) groups is 1. The molecule has 0 nitrogen and oxygen atoms in total. The van der Waals surface area contributed by atoms with Crippen LogP contribution in [0.3, 0.4) is 0 Å². The molecule has 1 heterocycles. The molecule has 0 saturated carbocycles. The molecular formula is C10H20S. The molecule has 1 fully saturated rings. The van der Waals surface area contributed by atoms with Crippen molar-refractivity contribution < 1.29 is 0 Å². The highest BCUT2D eigenvalue weighted by atomic mass is 32.2. The molecule has 0 radical (unpaired) electrons. The molecule has 0 aromatic heterocycles. The molecule has 0 aromatic rings. The Bertz CT molecular complexity index is 123. The Balaban J connectivity index is 2.57. The largest absolute Gasteiger partial charge is 0.161 e. The Morgan fingerprint density at radius 3 is 2.27 bits per heavy atom. The first-order valence-corrected chi connectivity index (χ1v) is 5.79. The van der Waals surface area contributed by atoms with Crippen molar-refractivity contribution in [3.63, 3.8) is 0 Å². The first kappa shape index (κ1) is 9.44. The van der Waals surface area contributed by atoms with E-state index < -0.39 is 0 Å². The summed E-state index contributed by atoms with van der Waals surface area (Å²) in [7, 11) is 0. The van der Waals surface area contributed by atoms with Gasteiger partial charge in [-0.25, -0.2) is 0 Å². The Kier molecular flexibility index (Phi) is 2.90. The van der Waals surface area contributed by atoms with Gasteiger partial charge < -0.3 is 0 Å². The van der Waals surface area contributed by atoms with Gasteiger partial charge in [0.05, 0.1) is 0 Å². The van der Waals surface area contributed by atoms with Gasteiger partial charge in [0.15, 0.2) is 0 Å². The van der Waals surface area contributed by atoms with Gasteiger partial charge >= 0.3 is 0 Å². The third-order valence-corrected chi connectivity index (χ3v) is 4.09. The van der Waals surface area contributed by atoms with Crippen LogP contribution in [0.1, 0.15) is 34.1 Å². The summed E-state index contributed by atoms with van der Waals surface area (Å²) in [4.78, 5) is 0. The summed E-state index contributed by atoms with van der Waals surface area (Å²) in [5, 5.41) is 0. The quantitative estimate of drug-likeness (QED) is 0.584. The monoisotopic (exact) mass is 172 g/mol. The number of hydrogen-bond donors (Lipinski definition) is 0. The van der Waals surface area contributed by atoms with E-state index in [4.69, 9.17) is 0 Å². The van der Waals surface area contributed by atoms with Crippen molar-refractivity contribution in [2.24, 2.45) is 17.3 Å². The van der Waals surface area contributed by atoms with Crippen LogP contribution in [-0.4, -0.2) is 11.5 Å². The number of rotatable bonds is 1. The van der Waals surface area contributed by atoms with Crippen molar-refractivity contribution in [1.29, 1.82) is 0 Å². The summed E-state index contributed by atoms with van der Waals surface area (Å²) in [6.45, 7) is 9.47. The van der Waals surface area contributed by atoms with Crippen LogP contribution in [0.4, 0.5) is 0 Å². The minimum absolute atomic E-state index is 0.532. The molecule has 1 aliphatic heterocycles. The molecule has 2 atom stereocenters. The van der Waals surface area contributed by atoms with Crippen molar-refractivity contribution in [3.05, 3.63) is 0 Å². The predicted octanol–water partition coefficient (Wildman–Crippen LogP) is 3.42. The summed E-state index contributed by atoms with van der Waals surface area (Å²) in [6.07, 6.45) is 1.37. The van der Waals surface area contributed by atoms with E-state index in [9.17, 15) is 0 Å². The average molecular weight is 172 g/mol. The van der Waals surface area contributed by atoms with Crippen LogP contribution in [-0.2, 0) is 0 Å². The van der Waals surface area contributed by atoms with Gasteiger partial charge in [-0.3, -0.25) is 0 Å². The van der Waals surface area contributed by atoms with Gasteiger partial charge in [0.1, 0.15) is 0 Å². The summed E-state index contributed by atoms with van der Waals surface area (Å²) in [5.74, 6) is 4.73. The van der Waals surface area contributed by atoms with Crippen molar-refractivity contribution in [2.75, 3.05) is 11.5 Å². The van der Waals surface area contributed by atoms with Crippen LogP contribution in [0, 0.1) is 17.3 Å². The fourth-order valence-electron chi connectivity index (χ4n) is 1.96. The number of hydrogen-bond acceptors (Lipinski definition) is 1. The lowest BCUT2D eigenvalue weighted by Crippen LogP contribution is -2.26. The third-order valence-electron chi connectivity index (χ3n) is 2.84. The van der Waals surface area contributed by atoms with Crippen LogP contribution in [0.2, 0.25) is 0 Å². The predicted molar refractivity (Wildman–Crippen MR) is 54.1 cm³/mol. The standard InChI is InChI=1S/C10H20S/c1-5-8-6-11-7-9(8)10(2,3)4/h8-9H,5-7H2,1-4H3. The van der Waals surface area contributed by atoms with Crippen molar-refractivity contribution in [3.8, 4) is 0 Å². The first-order chi connectivity index (χ1) is 5.05. The van der Waals surface area contributed by atoms with E-state index in [0.717, 1.165) is 11.8 Å². The lowest BCUT2D eigenvalue weighted by atomic mass is 9.74. The molecule has 0 N–H and O–H groups in total. The SMILES string of the molecule is CCC1CSCC1C(C)(C)C. The third kappa shape index (κ3) is 2.14. The molecular weight excluding hydrogens is 152 g/mol. The van der Waals surface area contributed by atoms with Crippen LogP contribution < -0.4 is 0 Å².